The lowest BCUT2D eigenvalue weighted by Crippen LogP contribution is -2.47. The first-order chi connectivity index (χ1) is 11.0. The van der Waals surface area contributed by atoms with Gasteiger partial charge in [0.05, 0.1) is 18.8 Å². The van der Waals surface area contributed by atoms with Crippen molar-refractivity contribution >= 4 is 6.03 Å². The van der Waals surface area contributed by atoms with Crippen LogP contribution in [0.25, 0.3) is 0 Å². The predicted molar refractivity (Wildman–Crippen MR) is 84.0 cm³/mol. The lowest BCUT2D eigenvalue weighted by Gasteiger charge is -2.32. The van der Waals surface area contributed by atoms with Crippen LogP contribution in [-0.2, 0) is 11.3 Å². The van der Waals surface area contributed by atoms with Gasteiger partial charge in [-0.15, -0.1) is 0 Å². The Morgan fingerprint density at radius 2 is 2.26 bits per heavy atom. The number of urea groups is 1. The van der Waals surface area contributed by atoms with Crippen LogP contribution in [0.4, 0.5) is 4.79 Å². The maximum absolute atomic E-state index is 12.4. The van der Waals surface area contributed by atoms with E-state index >= 15 is 0 Å². The van der Waals surface area contributed by atoms with Crippen molar-refractivity contribution in [3.05, 3.63) is 40.6 Å². The van der Waals surface area contributed by atoms with E-state index in [0.717, 1.165) is 28.5 Å². The number of amides is 2. The summed E-state index contributed by atoms with van der Waals surface area (Å²) in [6.07, 6.45) is -0.208. The Balaban J connectivity index is 1.59. The second-order valence-corrected chi connectivity index (χ2v) is 5.83. The molecule has 0 radical (unpaired) electrons. The van der Waals surface area contributed by atoms with Gasteiger partial charge in [-0.2, -0.15) is 5.10 Å². The molecule has 124 valence electrons. The molecule has 7 heteroatoms. The number of carbonyl (C=O) groups is 1. The molecule has 1 aliphatic rings. The van der Waals surface area contributed by atoms with Crippen LogP contribution in [0.3, 0.4) is 0 Å². The minimum absolute atomic E-state index is 0.0958. The van der Waals surface area contributed by atoms with Crippen LogP contribution in [0.5, 0.6) is 0 Å². The van der Waals surface area contributed by atoms with Crippen LogP contribution in [0.1, 0.15) is 34.6 Å². The smallest absolute Gasteiger partial charge is 0.317 e. The number of hydrogen-bond acceptors (Lipinski definition) is 4. The quantitative estimate of drug-likeness (QED) is 0.909. The zero-order valence-corrected chi connectivity index (χ0v) is 13.7. The number of aromatic amines is 1. The Morgan fingerprint density at radius 1 is 1.43 bits per heavy atom. The van der Waals surface area contributed by atoms with Crippen molar-refractivity contribution in [2.75, 3.05) is 19.7 Å². The number of rotatable bonds is 3. The molecule has 2 aromatic rings. The summed E-state index contributed by atoms with van der Waals surface area (Å²) in [5.74, 6) is 1.61. The summed E-state index contributed by atoms with van der Waals surface area (Å²) in [7, 11) is 0. The van der Waals surface area contributed by atoms with Crippen molar-refractivity contribution in [1.82, 2.24) is 20.4 Å². The summed E-state index contributed by atoms with van der Waals surface area (Å²) in [6.45, 7) is 7.80. The summed E-state index contributed by atoms with van der Waals surface area (Å²) in [4.78, 5) is 14.2. The Morgan fingerprint density at radius 3 is 2.91 bits per heavy atom. The van der Waals surface area contributed by atoms with E-state index in [1.54, 1.807) is 4.90 Å². The van der Waals surface area contributed by atoms with Crippen molar-refractivity contribution in [3.63, 3.8) is 0 Å². The number of nitrogens with zero attached hydrogens (tertiary/aromatic N) is 2. The molecule has 3 heterocycles. The fourth-order valence-corrected chi connectivity index (χ4v) is 2.74. The molecule has 3 rings (SSSR count). The molecule has 0 spiro atoms. The number of furan rings is 1. The third-order valence-electron chi connectivity index (χ3n) is 4.13. The molecular weight excluding hydrogens is 296 g/mol. The second-order valence-electron chi connectivity index (χ2n) is 5.83. The van der Waals surface area contributed by atoms with Gasteiger partial charge in [0, 0.05) is 24.3 Å². The Hall–Kier alpha value is -2.28. The molecule has 0 bridgehead atoms. The average Bonchev–Trinajstić information content (AvgIpc) is 3.12. The van der Waals surface area contributed by atoms with Gasteiger partial charge in [0.25, 0.3) is 0 Å². The molecule has 1 atom stereocenters. The summed E-state index contributed by atoms with van der Waals surface area (Å²) < 4.78 is 11.3. The van der Waals surface area contributed by atoms with E-state index in [-0.39, 0.29) is 12.1 Å². The number of ether oxygens (including phenoxy) is 1. The van der Waals surface area contributed by atoms with Gasteiger partial charge in [-0.05, 0) is 32.9 Å². The van der Waals surface area contributed by atoms with Gasteiger partial charge in [-0.1, -0.05) is 0 Å². The first-order valence-electron chi connectivity index (χ1n) is 7.75. The average molecular weight is 318 g/mol. The first-order valence-corrected chi connectivity index (χ1v) is 7.75. The number of hydrogen-bond donors (Lipinski definition) is 2. The van der Waals surface area contributed by atoms with Gasteiger partial charge in [0.15, 0.2) is 0 Å². The van der Waals surface area contributed by atoms with E-state index < -0.39 is 0 Å². The second kappa shape index (κ2) is 6.45. The van der Waals surface area contributed by atoms with E-state index in [1.807, 2.05) is 32.9 Å². The minimum atomic E-state index is -0.208. The largest absolute Gasteiger partial charge is 0.464 e. The van der Waals surface area contributed by atoms with Crippen molar-refractivity contribution in [3.8, 4) is 0 Å². The van der Waals surface area contributed by atoms with E-state index in [1.165, 1.54) is 0 Å². The van der Waals surface area contributed by atoms with Crippen LogP contribution < -0.4 is 5.32 Å². The van der Waals surface area contributed by atoms with E-state index in [9.17, 15) is 4.79 Å². The van der Waals surface area contributed by atoms with Crippen LogP contribution in [-0.4, -0.2) is 40.8 Å². The highest BCUT2D eigenvalue weighted by Gasteiger charge is 2.27. The number of H-pyrrole nitrogens is 1. The molecule has 0 aliphatic carbocycles. The fraction of sp³-hybridized carbons (Fsp3) is 0.500. The SMILES string of the molecule is Cc1ccc([C@H]2CN(C(=O)NCc3c(C)n[nH]c3C)CCO2)o1. The van der Waals surface area contributed by atoms with Crippen LogP contribution in [0.2, 0.25) is 0 Å². The number of morpholine rings is 1. The van der Waals surface area contributed by atoms with Crippen LogP contribution in [0.15, 0.2) is 16.5 Å². The Labute approximate surface area is 135 Å². The van der Waals surface area contributed by atoms with Crippen molar-refractivity contribution in [2.45, 2.75) is 33.4 Å². The number of carbonyl (C=O) groups excluding carboxylic acids is 1. The van der Waals surface area contributed by atoms with Gasteiger partial charge in [0.2, 0.25) is 0 Å². The summed E-state index contributed by atoms with van der Waals surface area (Å²) >= 11 is 0. The van der Waals surface area contributed by atoms with Crippen LogP contribution in [0, 0.1) is 20.8 Å². The first kappa shape index (κ1) is 15.6. The minimum Gasteiger partial charge on any atom is -0.464 e. The highest BCUT2D eigenvalue weighted by Crippen LogP contribution is 2.24. The van der Waals surface area contributed by atoms with E-state index in [4.69, 9.17) is 9.15 Å². The standard InChI is InChI=1S/C16H22N4O3/c1-10-4-5-14(23-10)15-9-20(6-7-22-15)16(21)17-8-13-11(2)18-19-12(13)3/h4-5,15H,6-9H2,1-3H3,(H,17,21)(H,18,19)/t15-/m1/s1. The molecule has 0 unspecified atom stereocenters. The summed E-state index contributed by atoms with van der Waals surface area (Å²) in [6, 6.07) is 3.71. The highest BCUT2D eigenvalue weighted by atomic mass is 16.5. The number of aryl methyl sites for hydroxylation is 3. The topological polar surface area (TPSA) is 83.4 Å². The lowest BCUT2D eigenvalue weighted by molar-refractivity contribution is -0.0263. The van der Waals surface area contributed by atoms with Crippen molar-refractivity contribution in [2.24, 2.45) is 0 Å². The predicted octanol–water partition coefficient (Wildman–Crippen LogP) is 2.21. The zero-order chi connectivity index (χ0) is 16.4. The maximum atomic E-state index is 12.4. The molecule has 2 amide bonds. The van der Waals surface area contributed by atoms with Gasteiger partial charge >= 0.3 is 6.03 Å². The maximum Gasteiger partial charge on any atom is 0.317 e. The highest BCUT2D eigenvalue weighted by molar-refractivity contribution is 5.74. The van der Waals surface area contributed by atoms with Crippen molar-refractivity contribution in [1.29, 1.82) is 0 Å². The third kappa shape index (κ3) is 3.39. The molecule has 23 heavy (non-hydrogen) atoms. The number of aromatic nitrogens is 2. The van der Waals surface area contributed by atoms with Crippen molar-refractivity contribution < 1.29 is 13.9 Å². The van der Waals surface area contributed by atoms with Gasteiger partial charge in [0.1, 0.15) is 17.6 Å². The monoisotopic (exact) mass is 318 g/mol. The normalized spacial score (nSPS) is 18.2. The van der Waals surface area contributed by atoms with E-state index in [2.05, 4.69) is 15.5 Å². The van der Waals surface area contributed by atoms with Gasteiger partial charge in [-0.25, -0.2) is 4.79 Å². The lowest BCUT2D eigenvalue weighted by atomic mass is 10.2. The summed E-state index contributed by atoms with van der Waals surface area (Å²) in [5, 5.41) is 10.0. The van der Waals surface area contributed by atoms with Crippen LogP contribution >= 0.6 is 0 Å². The molecule has 1 fully saturated rings. The molecule has 2 aromatic heterocycles. The van der Waals surface area contributed by atoms with Gasteiger partial charge in [-0.3, -0.25) is 5.10 Å². The number of nitrogens with one attached hydrogen (secondary N) is 2. The molecule has 2 N–H and O–H groups in total. The zero-order valence-electron chi connectivity index (χ0n) is 13.7. The molecule has 7 nitrogen and oxygen atoms in total. The van der Waals surface area contributed by atoms with E-state index in [0.29, 0.717) is 26.2 Å². The van der Waals surface area contributed by atoms with Gasteiger partial charge < -0.3 is 19.4 Å². The molecule has 0 saturated carbocycles. The third-order valence-corrected chi connectivity index (χ3v) is 4.13. The molecule has 1 saturated heterocycles. The Kier molecular flexibility index (Phi) is 4.38. The fourth-order valence-electron chi connectivity index (χ4n) is 2.74. The molecular formula is C16H22N4O3. The Bertz CT molecular complexity index is 672. The molecule has 0 aromatic carbocycles. The summed E-state index contributed by atoms with van der Waals surface area (Å²) in [5.41, 5.74) is 2.92. The molecule has 1 aliphatic heterocycles.